The molecule has 124 valence electrons. The molecule has 0 unspecified atom stereocenters. The minimum absolute atomic E-state index is 0. The molecule has 2 heterocycles. The molecule has 0 saturated carbocycles. The monoisotopic (exact) mass is 343 g/mol. The van der Waals surface area contributed by atoms with E-state index in [1.54, 1.807) is 11.3 Å². The van der Waals surface area contributed by atoms with Crippen molar-refractivity contribution >= 4 is 29.7 Å². The summed E-state index contributed by atoms with van der Waals surface area (Å²) in [6.07, 6.45) is 6.19. The fraction of sp³-hybridized carbons (Fsp3) is 0.688. The predicted molar refractivity (Wildman–Crippen MR) is 94.5 cm³/mol. The number of amides is 1. The van der Waals surface area contributed by atoms with Crippen LogP contribution in [0.2, 0.25) is 0 Å². The predicted octanol–water partition coefficient (Wildman–Crippen LogP) is 2.07. The number of carbonyl (C=O) groups excluding carboxylic acids is 1. The molecule has 0 radical (unpaired) electrons. The first-order valence-corrected chi connectivity index (χ1v) is 8.97. The molecule has 1 aliphatic carbocycles. The molecular formula is C16H26ClN3OS. The van der Waals surface area contributed by atoms with Crippen LogP contribution in [-0.2, 0) is 12.8 Å². The molecule has 1 amide bonds. The SMILES string of the molecule is Cl.O=C(NCCN1CCNCC1)c1cc2c(s1)CCCCC2. The van der Waals surface area contributed by atoms with Gasteiger partial charge < -0.3 is 10.6 Å². The van der Waals surface area contributed by atoms with Gasteiger partial charge in [0.2, 0.25) is 0 Å². The Balaban J connectivity index is 0.00000176. The molecule has 1 aromatic rings. The van der Waals surface area contributed by atoms with Crippen LogP contribution in [0, 0.1) is 0 Å². The summed E-state index contributed by atoms with van der Waals surface area (Å²) in [6.45, 7) is 6.00. The second-order valence-electron chi connectivity index (χ2n) is 5.97. The highest BCUT2D eigenvalue weighted by Crippen LogP contribution is 2.28. The van der Waals surface area contributed by atoms with Crippen molar-refractivity contribution in [3.63, 3.8) is 0 Å². The van der Waals surface area contributed by atoms with Crippen molar-refractivity contribution in [1.82, 2.24) is 15.5 Å². The van der Waals surface area contributed by atoms with E-state index in [1.165, 1.54) is 29.7 Å². The lowest BCUT2D eigenvalue weighted by molar-refractivity contribution is 0.0951. The number of hydrogen-bond acceptors (Lipinski definition) is 4. The van der Waals surface area contributed by atoms with E-state index in [1.807, 2.05) is 0 Å². The Bertz CT molecular complexity index is 462. The number of halogens is 1. The average molecular weight is 344 g/mol. The molecule has 1 aliphatic heterocycles. The summed E-state index contributed by atoms with van der Waals surface area (Å²) in [5.41, 5.74) is 1.42. The van der Waals surface area contributed by atoms with Gasteiger partial charge in [-0.05, 0) is 37.3 Å². The highest BCUT2D eigenvalue weighted by molar-refractivity contribution is 7.14. The van der Waals surface area contributed by atoms with Crippen molar-refractivity contribution in [2.45, 2.75) is 32.1 Å². The number of nitrogens with zero attached hydrogens (tertiary/aromatic N) is 1. The van der Waals surface area contributed by atoms with Crippen LogP contribution in [0.1, 0.15) is 39.4 Å². The number of aryl methyl sites for hydroxylation is 2. The van der Waals surface area contributed by atoms with Crippen molar-refractivity contribution in [2.24, 2.45) is 0 Å². The second-order valence-corrected chi connectivity index (χ2v) is 7.10. The second kappa shape index (κ2) is 8.87. The summed E-state index contributed by atoms with van der Waals surface area (Å²) < 4.78 is 0. The molecule has 3 rings (SSSR count). The molecule has 1 aromatic heterocycles. The molecule has 0 spiro atoms. The van der Waals surface area contributed by atoms with Gasteiger partial charge in [-0.1, -0.05) is 6.42 Å². The number of rotatable bonds is 4. The van der Waals surface area contributed by atoms with Crippen LogP contribution >= 0.6 is 23.7 Å². The van der Waals surface area contributed by atoms with Gasteiger partial charge in [-0.2, -0.15) is 0 Å². The molecule has 1 saturated heterocycles. The number of thiophene rings is 1. The molecule has 0 atom stereocenters. The summed E-state index contributed by atoms with van der Waals surface area (Å²) in [6, 6.07) is 2.13. The first-order valence-electron chi connectivity index (χ1n) is 8.16. The Kier molecular flexibility index (Phi) is 7.15. The molecule has 2 N–H and O–H groups in total. The zero-order chi connectivity index (χ0) is 14.5. The van der Waals surface area contributed by atoms with Gasteiger partial charge >= 0.3 is 0 Å². The van der Waals surface area contributed by atoms with Crippen LogP contribution in [0.5, 0.6) is 0 Å². The van der Waals surface area contributed by atoms with Crippen LogP contribution in [0.4, 0.5) is 0 Å². The van der Waals surface area contributed by atoms with Crippen molar-refractivity contribution in [2.75, 3.05) is 39.3 Å². The molecular weight excluding hydrogens is 318 g/mol. The molecule has 22 heavy (non-hydrogen) atoms. The Morgan fingerprint density at radius 1 is 1.23 bits per heavy atom. The largest absolute Gasteiger partial charge is 0.350 e. The number of fused-ring (bicyclic) bond motifs is 1. The Labute approximate surface area is 143 Å². The Morgan fingerprint density at radius 2 is 2.00 bits per heavy atom. The highest BCUT2D eigenvalue weighted by Gasteiger charge is 2.16. The normalized spacial score (nSPS) is 18.9. The average Bonchev–Trinajstić information content (AvgIpc) is 2.79. The smallest absolute Gasteiger partial charge is 0.261 e. The lowest BCUT2D eigenvalue weighted by Gasteiger charge is -2.27. The van der Waals surface area contributed by atoms with Crippen LogP contribution in [0.15, 0.2) is 6.07 Å². The maximum Gasteiger partial charge on any atom is 0.261 e. The van der Waals surface area contributed by atoms with Gasteiger partial charge in [0, 0.05) is 44.1 Å². The first-order chi connectivity index (χ1) is 10.3. The number of piperazine rings is 1. The van der Waals surface area contributed by atoms with E-state index in [2.05, 4.69) is 21.6 Å². The maximum absolute atomic E-state index is 12.3. The summed E-state index contributed by atoms with van der Waals surface area (Å²) >= 11 is 1.71. The van der Waals surface area contributed by atoms with E-state index in [0.717, 1.165) is 57.0 Å². The third-order valence-electron chi connectivity index (χ3n) is 4.39. The third kappa shape index (κ3) is 4.69. The van der Waals surface area contributed by atoms with Gasteiger partial charge in [-0.15, -0.1) is 23.7 Å². The third-order valence-corrected chi connectivity index (χ3v) is 5.63. The first kappa shape index (κ1) is 17.7. The van der Waals surface area contributed by atoms with Crippen LogP contribution in [-0.4, -0.2) is 50.1 Å². The van der Waals surface area contributed by atoms with Crippen LogP contribution in [0.25, 0.3) is 0 Å². The topological polar surface area (TPSA) is 44.4 Å². The van der Waals surface area contributed by atoms with Gasteiger partial charge in [0.1, 0.15) is 0 Å². The summed E-state index contributed by atoms with van der Waals surface area (Å²) in [7, 11) is 0. The zero-order valence-corrected chi connectivity index (χ0v) is 14.7. The number of carbonyl (C=O) groups is 1. The van der Waals surface area contributed by atoms with Crippen molar-refractivity contribution in [1.29, 1.82) is 0 Å². The van der Waals surface area contributed by atoms with Gasteiger partial charge in [-0.3, -0.25) is 9.69 Å². The molecule has 4 nitrogen and oxygen atoms in total. The summed E-state index contributed by atoms with van der Waals surface area (Å²) in [5.74, 6) is 0.114. The van der Waals surface area contributed by atoms with E-state index in [4.69, 9.17) is 0 Å². The lowest BCUT2D eigenvalue weighted by Crippen LogP contribution is -2.46. The van der Waals surface area contributed by atoms with E-state index >= 15 is 0 Å². The van der Waals surface area contributed by atoms with E-state index < -0.39 is 0 Å². The number of nitrogens with one attached hydrogen (secondary N) is 2. The lowest BCUT2D eigenvalue weighted by atomic mass is 10.1. The van der Waals surface area contributed by atoms with Gasteiger partial charge in [0.15, 0.2) is 0 Å². The van der Waals surface area contributed by atoms with Gasteiger partial charge in [0.05, 0.1) is 4.88 Å². The summed E-state index contributed by atoms with van der Waals surface area (Å²) in [4.78, 5) is 17.0. The van der Waals surface area contributed by atoms with E-state index in [-0.39, 0.29) is 18.3 Å². The standard InChI is InChI=1S/C16H25N3OS.ClH/c20-16(18-8-11-19-9-6-17-7-10-19)15-12-13-4-2-1-3-5-14(13)21-15;/h12,17H,1-11H2,(H,18,20);1H. The quantitative estimate of drug-likeness (QED) is 0.823. The molecule has 1 fully saturated rings. The fourth-order valence-electron chi connectivity index (χ4n) is 3.13. The van der Waals surface area contributed by atoms with Gasteiger partial charge in [-0.25, -0.2) is 0 Å². The van der Waals surface area contributed by atoms with E-state index in [9.17, 15) is 4.79 Å². The van der Waals surface area contributed by atoms with E-state index in [0.29, 0.717) is 0 Å². The zero-order valence-electron chi connectivity index (χ0n) is 13.0. The minimum atomic E-state index is 0. The maximum atomic E-state index is 12.3. The molecule has 0 aromatic carbocycles. The Morgan fingerprint density at radius 3 is 2.82 bits per heavy atom. The Hall–Kier alpha value is -0.620. The molecule has 2 aliphatic rings. The number of hydrogen-bond donors (Lipinski definition) is 2. The highest BCUT2D eigenvalue weighted by atomic mass is 35.5. The van der Waals surface area contributed by atoms with Crippen LogP contribution < -0.4 is 10.6 Å². The minimum Gasteiger partial charge on any atom is -0.350 e. The van der Waals surface area contributed by atoms with Crippen molar-refractivity contribution < 1.29 is 4.79 Å². The molecule has 6 heteroatoms. The van der Waals surface area contributed by atoms with Crippen LogP contribution in [0.3, 0.4) is 0 Å². The molecule has 0 bridgehead atoms. The van der Waals surface area contributed by atoms with Crippen molar-refractivity contribution in [3.05, 3.63) is 21.4 Å². The fourth-order valence-corrected chi connectivity index (χ4v) is 4.30. The van der Waals surface area contributed by atoms with Gasteiger partial charge in [0.25, 0.3) is 5.91 Å². The van der Waals surface area contributed by atoms with Crippen molar-refractivity contribution in [3.8, 4) is 0 Å². The summed E-state index contributed by atoms with van der Waals surface area (Å²) in [5, 5.41) is 6.43.